The fourth-order valence-electron chi connectivity index (χ4n) is 0.640. The normalized spacial score (nSPS) is 12.4. The summed E-state index contributed by atoms with van der Waals surface area (Å²) in [5, 5.41) is 0. The summed E-state index contributed by atoms with van der Waals surface area (Å²) in [6, 6.07) is 0. The van der Waals surface area contributed by atoms with Crippen LogP contribution in [-0.2, 0) is 19.4 Å². The molecular formula is C10H17BN2W-. The van der Waals surface area contributed by atoms with Gasteiger partial charge in [0.1, 0.15) is 0 Å². The quantitative estimate of drug-likeness (QED) is 0.318. The van der Waals surface area contributed by atoms with Crippen LogP contribution in [0, 0.1) is 11.8 Å². The Hall–Kier alpha value is -0.0368. The van der Waals surface area contributed by atoms with E-state index < -0.39 is 0 Å². The first kappa shape index (κ1) is 16.4. The maximum absolute atomic E-state index is 4.51. The molecule has 0 bridgehead atoms. The maximum atomic E-state index is 4.51. The molecule has 0 atom stereocenters. The van der Waals surface area contributed by atoms with E-state index in [2.05, 4.69) is 43.9 Å². The van der Waals surface area contributed by atoms with Crippen molar-refractivity contribution in [2.24, 2.45) is 21.8 Å². The molecule has 0 rings (SSSR count). The van der Waals surface area contributed by atoms with E-state index in [1.54, 1.807) is 6.92 Å². The van der Waals surface area contributed by atoms with Crippen LogP contribution in [-0.4, -0.2) is 24.5 Å². The van der Waals surface area contributed by atoms with E-state index in [4.69, 9.17) is 0 Å². The third-order valence-corrected chi connectivity index (χ3v) is 3.48. The minimum absolute atomic E-state index is 0. The van der Waals surface area contributed by atoms with E-state index in [0.29, 0.717) is 11.8 Å². The van der Waals surface area contributed by atoms with Gasteiger partial charge in [-0.3, -0.25) is 0 Å². The fourth-order valence-corrected chi connectivity index (χ4v) is 0.976. The van der Waals surface area contributed by atoms with E-state index in [-0.39, 0.29) is 8.41 Å². The number of hydrogen-bond acceptors (Lipinski definition) is 1. The van der Waals surface area contributed by atoms with Gasteiger partial charge in [0.25, 0.3) is 0 Å². The van der Waals surface area contributed by atoms with Crippen LogP contribution in [0.2, 0.25) is 0 Å². The van der Waals surface area contributed by atoms with Gasteiger partial charge in [-0.15, -0.1) is 0 Å². The molecule has 3 radical (unpaired) electrons. The minimum atomic E-state index is 0. The second-order valence-corrected chi connectivity index (χ2v) is 4.96. The molecule has 0 amide bonds. The average molecular weight is 360 g/mol. The molecule has 0 aromatic carbocycles. The third-order valence-electron chi connectivity index (χ3n) is 1.46. The molecule has 77 valence electrons. The summed E-state index contributed by atoms with van der Waals surface area (Å²) in [5.41, 5.74) is 0. The molecule has 14 heavy (non-hydrogen) atoms. The van der Waals surface area contributed by atoms with Gasteiger partial charge in [-0.05, 0) is 0 Å². The van der Waals surface area contributed by atoms with Crippen molar-refractivity contribution in [3.8, 4) is 0 Å². The Morgan fingerprint density at radius 2 is 1.64 bits per heavy atom. The first-order valence-electron chi connectivity index (χ1n) is 4.49. The predicted octanol–water partition coefficient (Wildman–Crippen LogP) is 1.96. The van der Waals surface area contributed by atoms with Gasteiger partial charge in [0.15, 0.2) is 0 Å². The number of aliphatic imine (C=N–C) groups is 2. The first-order chi connectivity index (χ1) is 5.99. The maximum Gasteiger partial charge on any atom is 0 e. The molecule has 0 unspecified atom stereocenters. The van der Waals surface area contributed by atoms with Crippen molar-refractivity contribution in [2.45, 2.75) is 34.6 Å². The average Bonchev–Trinajstić information content (AvgIpc) is 2.03. The number of nitrogens with zero attached hydrogens (tertiary/aromatic N) is 2. The van der Waals surface area contributed by atoms with Gasteiger partial charge in [-0.25, -0.2) is 0 Å². The summed E-state index contributed by atoms with van der Waals surface area (Å²) in [7, 11) is 0. The summed E-state index contributed by atoms with van der Waals surface area (Å²) in [6.45, 7) is 10.3. The van der Waals surface area contributed by atoms with Crippen LogP contribution in [0.25, 0.3) is 0 Å². The van der Waals surface area contributed by atoms with Gasteiger partial charge < -0.3 is 0 Å². The number of rotatable bonds is 3. The summed E-state index contributed by atoms with van der Waals surface area (Å²) in [6.07, 6.45) is 2.78. The summed E-state index contributed by atoms with van der Waals surface area (Å²) < 4.78 is 1.21. The minimum Gasteiger partial charge on any atom is 0 e. The van der Waals surface area contributed by atoms with E-state index in [0.717, 1.165) is 5.84 Å². The summed E-state index contributed by atoms with van der Waals surface area (Å²) >= 11 is 1.43. The molecule has 0 N–H and O–H groups in total. The van der Waals surface area contributed by atoms with Gasteiger partial charge in [0.2, 0.25) is 0 Å². The standard InChI is InChI=1S/C10H17N2.B.W/c1-6-11-10(9(4)5)12-7-8(2)3;;/h8-9H,1-5H3;;/q-1;;. The van der Waals surface area contributed by atoms with Gasteiger partial charge in [-0.2, -0.15) is 0 Å². The topological polar surface area (TPSA) is 24.7 Å². The molecule has 2 nitrogen and oxygen atoms in total. The monoisotopic (exact) mass is 360 g/mol. The molecule has 0 saturated heterocycles. The van der Waals surface area contributed by atoms with Crippen LogP contribution >= 0.6 is 0 Å². The Kier molecular flexibility index (Phi) is 9.70. The molecule has 0 fully saturated rings. The molecule has 0 heterocycles. The van der Waals surface area contributed by atoms with Crippen LogP contribution in [0.3, 0.4) is 0 Å². The molecular weight excluding hydrogens is 343 g/mol. The Labute approximate surface area is 100 Å². The number of amidine groups is 1. The molecule has 0 spiro atoms. The summed E-state index contributed by atoms with van der Waals surface area (Å²) in [5.74, 6) is 1.79. The Morgan fingerprint density at radius 1 is 1.14 bits per heavy atom. The molecule has 0 saturated carbocycles. The fraction of sp³-hybridized carbons (Fsp3) is 0.700. The Morgan fingerprint density at radius 3 is 1.93 bits per heavy atom. The zero-order valence-electron chi connectivity index (χ0n) is 9.53. The van der Waals surface area contributed by atoms with Crippen LogP contribution in [0.4, 0.5) is 0 Å². The van der Waals surface area contributed by atoms with Crippen LogP contribution < -0.4 is 0 Å². The zero-order valence-corrected chi connectivity index (χ0v) is 12.5. The van der Waals surface area contributed by atoms with Crippen molar-refractivity contribution in [3.63, 3.8) is 0 Å². The second-order valence-electron chi connectivity index (χ2n) is 3.45. The zero-order chi connectivity index (χ0) is 10.4. The van der Waals surface area contributed by atoms with Crippen molar-refractivity contribution < 1.29 is 19.4 Å². The van der Waals surface area contributed by atoms with Gasteiger partial charge >= 0.3 is 91.9 Å². The van der Waals surface area contributed by atoms with Crippen LogP contribution in [0.1, 0.15) is 34.6 Å². The van der Waals surface area contributed by atoms with E-state index in [1.807, 2.05) is 0 Å². The van der Waals surface area contributed by atoms with Crippen molar-refractivity contribution in [2.75, 3.05) is 0 Å². The van der Waals surface area contributed by atoms with Crippen molar-refractivity contribution in [3.05, 3.63) is 0 Å². The van der Waals surface area contributed by atoms with Crippen LogP contribution in [0.5, 0.6) is 0 Å². The van der Waals surface area contributed by atoms with E-state index in [9.17, 15) is 0 Å². The molecule has 0 aliphatic carbocycles. The molecule has 0 aromatic heterocycles. The first-order valence-corrected chi connectivity index (χ1v) is 5.95. The van der Waals surface area contributed by atoms with E-state index >= 15 is 0 Å². The summed E-state index contributed by atoms with van der Waals surface area (Å²) in [4.78, 5) is 8.64. The smallest absolute Gasteiger partial charge is 0 e. The van der Waals surface area contributed by atoms with E-state index in [1.165, 1.54) is 23.4 Å². The number of hydrogen-bond donors (Lipinski definition) is 0. The third kappa shape index (κ3) is 6.42. The largest absolute Gasteiger partial charge is 0 e. The van der Waals surface area contributed by atoms with Gasteiger partial charge in [0, 0.05) is 8.41 Å². The molecule has 0 aromatic rings. The Balaban J connectivity index is 0. The molecule has 0 aliphatic rings. The molecule has 0 aliphatic heterocycles. The van der Waals surface area contributed by atoms with Crippen molar-refractivity contribution in [1.82, 2.24) is 0 Å². The van der Waals surface area contributed by atoms with Crippen molar-refractivity contribution in [1.29, 1.82) is 0 Å². The van der Waals surface area contributed by atoms with Gasteiger partial charge in [0.05, 0.1) is 0 Å². The predicted molar refractivity (Wildman–Crippen MR) is 61.0 cm³/mol. The van der Waals surface area contributed by atoms with Crippen molar-refractivity contribution >= 4 is 24.5 Å². The Bertz CT molecular complexity index is 232. The van der Waals surface area contributed by atoms with Crippen LogP contribution in [0.15, 0.2) is 9.98 Å². The van der Waals surface area contributed by atoms with Gasteiger partial charge in [-0.1, -0.05) is 0 Å². The molecule has 4 heteroatoms. The SMILES string of the molecule is C[C-]=NC(=N[C](=[W])C(C)C)C(C)C.[B]. The second kappa shape index (κ2) is 8.29.